The van der Waals surface area contributed by atoms with Crippen molar-refractivity contribution in [1.82, 2.24) is 4.90 Å². The predicted molar refractivity (Wildman–Crippen MR) is 74.4 cm³/mol. The summed E-state index contributed by atoms with van der Waals surface area (Å²) in [6.07, 6.45) is 2.09. The van der Waals surface area contributed by atoms with Gasteiger partial charge in [-0.05, 0) is 45.3 Å². The Kier molecular flexibility index (Phi) is 7.65. The van der Waals surface area contributed by atoms with Crippen LogP contribution in [0.4, 0.5) is 8.78 Å². The van der Waals surface area contributed by atoms with E-state index in [0.717, 1.165) is 31.9 Å². The van der Waals surface area contributed by atoms with Crippen LogP contribution in [0.15, 0.2) is 18.2 Å². The van der Waals surface area contributed by atoms with Crippen LogP contribution in [0.25, 0.3) is 0 Å². The van der Waals surface area contributed by atoms with Crippen molar-refractivity contribution in [3.05, 3.63) is 35.4 Å². The molecule has 0 saturated heterocycles. The molecule has 0 bridgehead atoms. The summed E-state index contributed by atoms with van der Waals surface area (Å²) in [7, 11) is 1.92. The van der Waals surface area contributed by atoms with Crippen molar-refractivity contribution in [2.24, 2.45) is 0 Å². The molecule has 0 spiro atoms. The summed E-state index contributed by atoms with van der Waals surface area (Å²) in [5.41, 5.74) is 0.0127. The van der Waals surface area contributed by atoms with E-state index in [1.807, 2.05) is 11.9 Å². The zero-order valence-electron chi connectivity index (χ0n) is 11.9. The molecule has 0 radical (unpaired) electrons. The highest BCUT2D eigenvalue weighted by atomic mass is 19.2. The number of rotatable bonds is 9. The molecule has 20 heavy (non-hydrogen) atoms. The maximum absolute atomic E-state index is 13.5. The minimum Gasteiger partial charge on any atom is -0.396 e. The van der Waals surface area contributed by atoms with Crippen molar-refractivity contribution in [3.8, 4) is 0 Å². The molecule has 0 fully saturated rings. The Labute approximate surface area is 118 Å². The van der Waals surface area contributed by atoms with E-state index in [0.29, 0.717) is 13.0 Å². The number of benzene rings is 1. The molecule has 1 unspecified atom stereocenters. The Morgan fingerprint density at radius 1 is 1.15 bits per heavy atom. The van der Waals surface area contributed by atoms with Crippen molar-refractivity contribution in [2.75, 3.05) is 26.7 Å². The highest BCUT2D eigenvalue weighted by Gasteiger charge is 2.16. The van der Waals surface area contributed by atoms with E-state index in [1.54, 1.807) is 0 Å². The molecule has 2 N–H and O–H groups in total. The van der Waals surface area contributed by atoms with Crippen LogP contribution in [-0.4, -0.2) is 41.9 Å². The summed E-state index contributed by atoms with van der Waals surface area (Å²) in [5.74, 6) is -1.90. The van der Waals surface area contributed by atoms with Gasteiger partial charge < -0.3 is 15.1 Å². The van der Waals surface area contributed by atoms with Gasteiger partial charge in [-0.1, -0.05) is 12.1 Å². The van der Waals surface area contributed by atoms with Gasteiger partial charge in [-0.25, -0.2) is 8.78 Å². The molecule has 1 aromatic rings. The van der Waals surface area contributed by atoms with Gasteiger partial charge in [-0.15, -0.1) is 0 Å². The van der Waals surface area contributed by atoms with Crippen LogP contribution in [0.3, 0.4) is 0 Å². The van der Waals surface area contributed by atoms with Crippen LogP contribution in [0.1, 0.15) is 37.4 Å². The molecule has 1 atom stereocenters. The SMILES string of the molecule is CN(CCCCCO)CCC(O)c1cccc(F)c1F. The molecule has 114 valence electrons. The monoisotopic (exact) mass is 287 g/mol. The molecule has 5 heteroatoms. The van der Waals surface area contributed by atoms with Gasteiger partial charge >= 0.3 is 0 Å². The third kappa shape index (κ3) is 5.53. The average Bonchev–Trinajstić information content (AvgIpc) is 2.44. The van der Waals surface area contributed by atoms with Gasteiger partial charge in [0, 0.05) is 18.7 Å². The second-order valence-corrected chi connectivity index (χ2v) is 5.04. The minimum absolute atomic E-state index is 0.0127. The lowest BCUT2D eigenvalue weighted by Crippen LogP contribution is -2.22. The fourth-order valence-electron chi connectivity index (χ4n) is 2.06. The van der Waals surface area contributed by atoms with Crippen LogP contribution >= 0.6 is 0 Å². The Morgan fingerprint density at radius 3 is 2.60 bits per heavy atom. The molecule has 0 saturated carbocycles. The summed E-state index contributed by atoms with van der Waals surface area (Å²) < 4.78 is 26.6. The van der Waals surface area contributed by atoms with E-state index in [9.17, 15) is 13.9 Å². The summed E-state index contributed by atoms with van der Waals surface area (Å²) in [6, 6.07) is 3.85. The van der Waals surface area contributed by atoms with Crippen LogP contribution in [0, 0.1) is 11.6 Å². The lowest BCUT2D eigenvalue weighted by molar-refractivity contribution is 0.143. The second-order valence-electron chi connectivity index (χ2n) is 5.04. The van der Waals surface area contributed by atoms with E-state index < -0.39 is 17.7 Å². The lowest BCUT2D eigenvalue weighted by Gasteiger charge is -2.19. The van der Waals surface area contributed by atoms with Gasteiger partial charge in [0.05, 0.1) is 6.10 Å². The first-order chi connectivity index (χ1) is 9.56. The maximum Gasteiger partial charge on any atom is 0.164 e. The first-order valence-corrected chi connectivity index (χ1v) is 6.97. The Morgan fingerprint density at radius 2 is 1.90 bits per heavy atom. The predicted octanol–water partition coefficient (Wildman–Crippen LogP) is 2.48. The average molecular weight is 287 g/mol. The van der Waals surface area contributed by atoms with Gasteiger partial charge in [0.2, 0.25) is 0 Å². The number of nitrogens with zero attached hydrogens (tertiary/aromatic N) is 1. The Hall–Kier alpha value is -1.04. The summed E-state index contributed by atoms with van der Waals surface area (Å²) in [4.78, 5) is 2.04. The number of unbranched alkanes of at least 4 members (excludes halogenated alkanes) is 2. The van der Waals surface area contributed by atoms with Gasteiger partial charge in [0.15, 0.2) is 11.6 Å². The zero-order valence-corrected chi connectivity index (χ0v) is 11.9. The van der Waals surface area contributed by atoms with Crippen LogP contribution in [-0.2, 0) is 0 Å². The third-order valence-corrected chi connectivity index (χ3v) is 3.32. The molecule has 0 heterocycles. The van der Waals surface area contributed by atoms with Gasteiger partial charge in [-0.2, -0.15) is 0 Å². The molecule has 0 aromatic heterocycles. The standard InChI is InChI=1S/C15H23F2NO2/c1-18(9-3-2-4-11-19)10-8-14(20)12-6-5-7-13(16)15(12)17/h5-7,14,19-20H,2-4,8-11H2,1H3. The van der Waals surface area contributed by atoms with E-state index in [4.69, 9.17) is 5.11 Å². The van der Waals surface area contributed by atoms with Crippen molar-refractivity contribution in [3.63, 3.8) is 0 Å². The minimum atomic E-state index is -0.995. The molecule has 1 aromatic carbocycles. The van der Waals surface area contributed by atoms with E-state index in [2.05, 4.69) is 0 Å². The topological polar surface area (TPSA) is 43.7 Å². The number of aliphatic hydroxyl groups is 2. The van der Waals surface area contributed by atoms with Crippen molar-refractivity contribution in [2.45, 2.75) is 31.8 Å². The Balaban J connectivity index is 2.35. The maximum atomic E-state index is 13.5. The highest BCUT2D eigenvalue weighted by molar-refractivity contribution is 5.21. The molecule has 0 aliphatic carbocycles. The molecule has 0 amide bonds. The van der Waals surface area contributed by atoms with Gasteiger partial charge in [0.25, 0.3) is 0 Å². The first-order valence-electron chi connectivity index (χ1n) is 6.97. The zero-order chi connectivity index (χ0) is 15.0. The van der Waals surface area contributed by atoms with E-state index >= 15 is 0 Å². The smallest absolute Gasteiger partial charge is 0.164 e. The Bertz CT molecular complexity index is 401. The van der Waals surface area contributed by atoms with Crippen molar-refractivity contribution >= 4 is 0 Å². The van der Waals surface area contributed by atoms with Gasteiger partial charge in [0.1, 0.15) is 0 Å². The molecular formula is C15H23F2NO2. The molecule has 1 rings (SSSR count). The van der Waals surface area contributed by atoms with Crippen molar-refractivity contribution in [1.29, 1.82) is 0 Å². The number of hydrogen-bond donors (Lipinski definition) is 2. The fraction of sp³-hybridized carbons (Fsp3) is 0.600. The van der Waals surface area contributed by atoms with Crippen molar-refractivity contribution < 1.29 is 19.0 Å². The number of hydrogen-bond acceptors (Lipinski definition) is 3. The summed E-state index contributed by atoms with van der Waals surface area (Å²) in [6.45, 7) is 1.68. The lowest BCUT2D eigenvalue weighted by atomic mass is 10.1. The summed E-state index contributed by atoms with van der Waals surface area (Å²) >= 11 is 0. The third-order valence-electron chi connectivity index (χ3n) is 3.32. The highest BCUT2D eigenvalue weighted by Crippen LogP contribution is 2.21. The molecule has 0 aliphatic rings. The number of halogens is 2. The summed E-state index contributed by atoms with van der Waals surface area (Å²) in [5, 5.41) is 18.6. The van der Waals surface area contributed by atoms with Gasteiger partial charge in [-0.3, -0.25) is 0 Å². The first kappa shape index (κ1) is 17.0. The van der Waals surface area contributed by atoms with Crippen LogP contribution < -0.4 is 0 Å². The van der Waals surface area contributed by atoms with E-state index in [1.165, 1.54) is 12.1 Å². The van der Waals surface area contributed by atoms with E-state index in [-0.39, 0.29) is 12.2 Å². The van der Waals surface area contributed by atoms with Crippen LogP contribution in [0.2, 0.25) is 0 Å². The second kappa shape index (κ2) is 9.00. The molecular weight excluding hydrogens is 264 g/mol. The fourth-order valence-corrected chi connectivity index (χ4v) is 2.06. The van der Waals surface area contributed by atoms with Crippen LogP contribution in [0.5, 0.6) is 0 Å². The molecule has 0 aliphatic heterocycles. The quantitative estimate of drug-likeness (QED) is 0.686. The molecule has 3 nitrogen and oxygen atoms in total. The number of aliphatic hydroxyl groups excluding tert-OH is 2. The normalized spacial score (nSPS) is 12.9. The largest absolute Gasteiger partial charge is 0.396 e.